The number of aromatic nitrogens is 1. The van der Waals surface area contributed by atoms with Crippen molar-refractivity contribution in [1.82, 2.24) is 4.98 Å². The van der Waals surface area contributed by atoms with Gasteiger partial charge in [0.1, 0.15) is 5.52 Å². The quantitative estimate of drug-likeness (QED) is 0.493. The first-order valence-corrected chi connectivity index (χ1v) is 6.66. The van der Waals surface area contributed by atoms with Crippen LogP contribution in [-0.2, 0) is 10.1 Å². The lowest BCUT2D eigenvalue weighted by atomic mass is 10.2. The van der Waals surface area contributed by atoms with E-state index in [0.29, 0.717) is 16.6 Å². The number of halogens is 1. The zero-order chi connectivity index (χ0) is 13.0. The minimum absolute atomic E-state index is 0.281. The van der Waals surface area contributed by atoms with E-state index in [4.69, 9.17) is 9.47 Å². The lowest BCUT2D eigenvalue weighted by molar-refractivity contribution is 0.105. The summed E-state index contributed by atoms with van der Waals surface area (Å²) in [6.45, 7) is 2.01. The first-order chi connectivity index (χ1) is 8.74. The number of hydrogen-bond acceptors (Lipinski definition) is 4. The summed E-state index contributed by atoms with van der Waals surface area (Å²) in [5, 5.41) is 1.57. The number of hydrogen-bond donors (Lipinski definition) is 0. The van der Waals surface area contributed by atoms with E-state index in [0.717, 1.165) is 11.1 Å². The molecule has 0 N–H and O–H groups in total. The summed E-state index contributed by atoms with van der Waals surface area (Å²) in [5.41, 5.74) is 1.53. The molecule has 0 radical (unpaired) electrons. The lowest BCUT2D eigenvalue weighted by Gasteiger charge is -2.07. The fourth-order valence-corrected chi connectivity index (χ4v) is 1.87. The van der Waals surface area contributed by atoms with E-state index < -0.39 is 6.16 Å². The summed E-state index contributed by atoms with van der Waals surface area (Å²) < 4.78 is 9.88. The van der Waals surface area contributed by atoms with Crippen LogP contribution in [0.3, 0.4) is 0 Å². The molecule has 5 heteroatoms. The van der Waals surface area contributed by atoms with Crippen LogP contribution in [0.25, 0.3) is 10.9 Å². The molecule has 4 nitrogen and oxygen atoms in total. The van der Waals surface area contributed by atoms with Crippen LogP contribution < -0.4 is 4.74 Å². The van der Waals surface area contributed by atoms with Gasteiger partial charge in [0.15, 0.2) is 5.75 Å². The first-order valence-electron chi connectivity index (χ1n) is 5.54. The van der Waals surface area contributed by atoms with Crippen molar-refractivity contribution in [3.05, 3.63) is 36.0 Å². The molecule has 94 valence electrons. The molecular weight excluding hydrogens is 298 g/mol. The molecule has 0 saturated heterocycles. The van der Waals surface area contributed by atoms with Gasteiger partial charge in [0.05, 0.1) is 12.3 Å². The monoisotopic (exact) mass is 309 g/mol. The maximum Gasteiger partial charge on any atom is 0.513 e. The van der Waals surface area contributed by atoms with Gasteiger partial charge in [-0.1, -0.05) is 34.1 Å². The Hall–Kier alpha value is -1.62. The van der Waals surface area contributed by atoms with Crippen LogP contribution in [0.15, 0.2) is 30.3 Å². The molecular formula is C13H12BrNO3. The number of fused-ring (bicyclic) bond motifs is 1. The third kappa shape index (κ3) is 2.79. The molecule has 0 aliphatic rings. The van der Waals surface area contributed by atoms with E-state index in [1.807, 2.05) is 24.3 Å². The van der Waals surface area contributed by atoms with Crippen molar-refractivity contribution in [3.63, 3.8) is 0 Å². The van der Waals surface area contributed by atoms with Crippen molar-refractivity contribution >= 4 is 33.0 Å². The van der Waals surface area contributed by atoms with Crippen molar-refractivity contribution < 1.29 is 14.3 Å². The van der Waals surface area contributed by atoms with Gasteiger partial charge in [-0.3, -0.25) is 0 Å². The zero-order valence-corrected chi connectivity index (χ0v) is 11.4. The van der Waals surface area contributed by atoms with E-state index in [9.17, 15) is 4.79 Å². The normalized spacial score (nSPS) is 10.3. The molecule has 1 aromatic heterocycles. The molecule has 1 aromatic carbocycles. The molecule has 2 aromatic rings. The van der Waals surface area contributed by atoms with Crippen LogP contribution in [0.1, 0.15) is 12.6 Å². The van der Waals surface area contributed by atoms with Gasteiger partial charge in [-0.15, -0.1) is 0 Å². The van der Waals surface area contributed by atoms with E-state index in [-0.39, 0.29) is 6.61 Å². The van der Waals surface area contributed by atoms with Gasteiger partial charge < -0.3 is 9.47 Å². The van der Waals surface area contributed by atoms with Crippen molar-refractivity contribution in [2.45, 2.75) is 12.3 Å². The van der Waals surface area contributed by atoms with Crippen LogP contribution in [0.5, 0.6) is 5.75 Å². The molecule has 0 fully saturated rings. The average Bonchev–Trinajstić information content (AvgIpc) is 2.39. The van der Waals surface area contributed by atoms with E-state index >= 15 is 0 Å². The van der Waals surface area contributed by atoms with Crippen LogP contribution >= 0.6 is 15.9 Å². The molecule has 1 heterocycles. The highest BCUT2D eigenvalue weighted by Crippen LogP contribution is 2.24. The number of ether oxygens (including phenoxy) is 2. The standard InChI is InChI=1S/C13H12BrNO3/c1-2-17-13(16)18-11-5-3-4-9-6-7-10(8-14)15-12(9)11/h3-7H,2,8H2,1H3. The molecule has 0 unspecified atom stereocenters. The minimum Gasteiger partial charge on any atom is -0.434 e. The molecule has 0 aliphatic heterocycles. The number of rotatable bonds is 3. The highest BCUT2D eigenvalue weighted by molar-refractivity contribution is 9.08. The predicted octanol–water partition coefficient (Wildman–Crippen LogP) is 3.67. The number of benzene rings is 1. The number of para-hydroxylation sites is 1. The largest absolute Gasteiger partial charge is 0.513 e. The van der Waals surface area contributed by atoms with Gasteiger partial charge in [-0.2, -0.15) is 0 Å². The Balaban J connectivity index is 2.40. The van der Waals surface area contributed by atoms with Gasteiger partial charge in [0.2, 0.25) is 0 Å². The van der Waals surface area contributed by atoms with Gasteiger partial charge in [-0.25, -0.2) is 9.78 Å². The summed E-state index contributed by atoms with van der Waals surface area (Å²) in [6, 6.07) is 9.29. The number of carbonyl (C=O) groups excluding carboxylic acids is 1. The highest BCUT2D eigenvalue weighted by atomic mass is 79.9. The van der Waals surface area contributed by atoms with E-state index in [2.05, 4.69) is 20.9 Å². The maximum atomic E-state index is 11.3. The van der Waals surface area contributed by atoms with Gasteiger partial charge in [0, 0.05) is 10.7 Å². The number of nitrogens with zero attached hydrogens (tertiary/aromatic N) is 1. The second-order valence-electron chi connectivity index (χ2n) is 3.55. The predicted molar refractivity (Wildman–Crippen MR) is 72.0 cm³/mol. The molecule has 0 bridgehead atoms. The fraction of sp³-hybridized carbons (Fsp3) is 0.231. The number of carbonyl (C=O) groups is 1. The van der Waals surface area contributed by atoms with E-state index in [1.165, 1.54) is 0 Å². The van der Waals surface area contributed by atoms with Crippen molar-refractivity contribution in [3.8, 4) is 5.75 Å². The summed E-state index contributed by atoms with van der Waals surface area (Å²) >= 11 is 3.35. The average molecular weight is 310 g/mol. The van der Waals surface area contributed by atoms with Gasteiger partial charge >= 0.3 is 6.16 Å². The molecule has 0 amide bonds. The third-order valence-corrected chi connectivity index (χ3v) is 2.91. The smallest absolute Gasteiger partial charge is 0.434 e. The Morgan fingerprint density at radius 3 is 2.89 bits per heavy atom. The van der Waals surface area contributed by atoms with Crippen molar-refractivity contribution in [2.75, 3.05) is 6.61 Å². The fourth-order valence-electron chi connectivity index (χ4n) is 1.55. The first kappa shape index (κ1) is 12.8. The minimum atomic E-state index is -0.712. The SMILES string of the molecule is CCOC(=O)Oc1cccc2ccc(CBr)nc12. The summed E-state index contributed by atoms with van der Waals surface area (Å²) in [4.78, 5) is 15.8. The molecule has 0 spiro atoms. The Morgan fingerprint density at radius 1 is 1.33 bits per heavy atom. The third-order valence-electron chi connectivity index (χ3n) is 2.33. The maximum absolute atomic E-state index is 11.3. The molecule has 2 rings (SSSR count). The molecule has 0 saturated carbocycles. The van der Waals surface area contributed by atoms with Crippen LogP contribution in [0.4, 0.5) is 4.79 Å². The molecule has 0 atom stereocenters. The summed E-state index contributed by atoms with van der Waals surface area (Å²) in [5.74, 6) is 0.411. The Labute approximate surface area is 113 Å². The van der Waals surface area contributed by atoms with Crippen molar-refractivity contribution in [2.24, 2.45) is 0 Å². The zero-order valence-electron chi connectivity index (χ0n) is 9.85. The van der Waals surface area contributed by atoms with Gasteiger partial charge in [-0.05, 0) is 19.1 Å². The van der Waals surface area contributed by atoms with Crippen LogP contribution in [0.2, 0.25) is 0 Å². The topological polar surface area (TPSA) is 48.4 Å². The lowest BCUT2D eigenvalue weighted by Crippen LogP contribution is -2.10. The van der Waals surface area contributed by atoms with Gasteiger partial charge in [0.25, 0.3) is 0 Å². The Bertz CT molecular complexity index is 571. The van der Waals surface area contributed by atoms with Crippen LogP contribution in [-0.4, -0.2) is 17.7 Å². The number of alkyl halides is 1. The second-order valence-corrected chi connectivity index (χ2v) is 4.11. The summed E-state index contributed by atoms with van der Waals surface area (Å²) in [6.07, 6.45) is -0.712. The molecule has 18 heavy (non-hydrogen) atoms. The Morgan fingerprint density at radius 2 is 2.17 bits per heavy atom. The van der Waals surface area contributed by atoms with Crippen LogP contribution in [0, 0.1) is 0 Å². The summed E-state index contributed by atoms with van der Waals surface area (Å²) in [7, 11) is 0. The Kier molecular flexibility index (Phi) is 4.15. The highest BCUT2D eigenvalue weighted by Gasteiger charge is 2.10. The molecule has 0 aliphatic carbocycles. The van der Waals surface area contributed by atoms with E-state index in [1.54, 1.807) is 13.0 Å². The van der Waals surface area contributed by atoms with Crippen molar-refractivity contribution in [1.29, 1.82) is 0 Å². The second kappa shape index (κ2) is 5.82. The number of pyridine rings is 1.